The van der Waals surface area contributed by atoms with E-state index in [-0.39, 0.29) is 24.5 Å². The van der Waals surface area contributed by atoms with E-state index < -0.39 is 18.2 Å². The zero-order chi connectivity index (χ0) is 21.0. The van der Waals surface area contributed by atoms with Crippen molar-refractivity contribution in [3.8, 4) is 5.75 Å². The third-order valence-electron chi connectivity index (χ3n) is 4.91. The van der Waals surface area contributed by atoms with Crippen molar-refractivity contribution < 1.29 is 19.4 Å². The number of rotatable bonds is 7. The highest BCUT2D eigenvalue weighted by Gasteiger charge is 2.38. The molecule has 29 heavy (non-hydrogen) atoms. The number of aliphatic hydroxyl groups excluding tert-OH is 1. The van der Waals surface area contributed by atoms with Crippen molar-refractivity contribution in [2.75, 3.05) is 13.2 Å². The fourth-order valence-electron chi connectivity index (χ4n) is 3.40. The number of urea groups is 1. The molecule has 2 aromatic rings. The van der Waals surface area contributed by atoms with Crippen LogP contribution in [0.15, 0.2) is 54.6 Å². The maximum Gasteiger partial charge on any atom is 0.324 e. The molecule has 3 rings (SSSR count). The molecule has 2 atom stereocenters. The summed E-state index contributed by atoms with van der Waals surface area (Å²) in [6, 6.07) is 16.1. The van der Waals surface area contributed by atoms with Crippen LogP contribution in [-0.2, 0) is 16.6 Å². The molecular formula is C23H28N2O4. The molecule has 0 unspecified atom stereocenters. The lowest BCUT2D eigenvalue weighted by Crippen LogP contribution is -2.40. The van der Waals surface area contributed by atoms with Crippen LogP contribution in [0.5, 0.6) is 5.75 Å². The van der Waals surface area contributed by atoms with Gasteiger partial charge in [0, 0.05) is 6.42 Å². The monoisotopic (exact) mass is 396 g/mol. The molecule has 2 N–H and O–H groups in total. The third kappa shape index (κ3) is 5.15. The number of ether oxygens (including phenoxy) is 1. The number of nitrogens with one attached hydrogen (secondary N) is 1. The summed E-state index contributed by atoms with van der Waals surface area (Å²) >= 11 is 0. The quantitative estimate of drug-likeness (QED) is 0.706. The summed E-state index contributed by atoms with van der Waals surface area (Å²) in [5, 5.41) is 13.1. The summed E-state index contributed by atoms with van der Waals surface area (Å²) in [5.74, 6) is 0.367. The second-order valence-corrected chi connectivity index (χ2v) is 8.35. The lowest BCUT2D eigenvalue weighted by molar-refractivity contribution is -0.128. The maximum atomic E-state index is 12.6. The van der Waals surface area contributed by atoms with Crippen molar-refractivity contribution in [3.63, 3.8) is 0 Å². The predicted molar refractivity (Wildman–Crippen MR) is 111 cm³/mol. The molecular weight excluding hydrogens is 368 g/mol. The highest BCUT2D eigenvalue weighted by molar-refractivity contribution is 6.04. The van der Waals surface area contributed by atoms with Gasteiger partial charge in [-0.1, -0.05) is 69.3 Å². The van der Waals surface area contributed by atoms with Crippen LogP contribution in [0, 0.1) is 0 Å². The van der Waals surface area contributed by atoms with E-state index >= 15 is 0 Å². The number of benzene rings is 2. The topological polar surface area (TPSA) is 78.9 Å². The number of β-amino-alcohol motifs (C(OH)–C–C–N with tert-alkyl or cyclic N) is 1. The van der Waals surface area contributed by atoms with E-state index in [0.717, 1.165) is 16.0 Å². The lowest BCUT2D eigenvalue weighted by atomic mass is 9.86. The first-order chi connectivity index (χ1) is 13.8. The van der Waals surface area contributed by atoms with E-state index in [0.29, 0.717) is 12.2 Å². The molecule has 0 bridgehead atoms. The van der Waals surface area contributed by atoms with Crippen molar-refractivity contribution in [1.82, 2.24) is 10.2 Å². The van der Waals surface area contributed by atoms with Crippen LogP contribution >= 0.6 is 0 Å². The number of hydrogen-bond donors (Lipinski definition) is 2. The van der Waals surface area contributed by atoms with Crippen LogP contribution in [0.3, 0.4) is 0 Å². The Morgan fingerprint density at radius 3 is 2.41 bits per heavy atom. The Morgan fingerprint density at radius 1 is 1.07 bits per heavy atom. The van der Waals surface area contributed by atoms with E-state index in [1.165, 1.54) is 0 Å². The average molecular weight is 396 g/mol. The smallest absolute Gasteiger partial charge is 0.324 e. The van der Waals surface area contributed by atoms with Crippen LogP contribution in [-0.4, -0.2) is 47.2 Å². The molecule has 1 heterocycles. The van der Waals surface area contributed by atoms with Gasteiger partial charge in [0.1, 0.15) is 24.5 Å². The highest BCUT2D eigenvalue weighted by Crippen LogP contribution is 2.31. The number of carbonyl (C=O) groups excluding carboxylic acids is 2. The second-order valence-electron chi connectivity index (χ2n) is 8.35. The molecule has 0 aliphatic carbocycles. The van der Waals surface area contributed by atoms with Crippen molar-refractivity contribution in [1.29, 1.82) is 0 Å². The van der Waals surface area contributed by atoms with Crippen LogP contribution in [0.4, 0.5) is 4.79 Å². The van der Waals surface area contributed by atoms with E-state index in [2.05, 4.69) is 26.1 Å². The minimum atomic E-state index is -0.979. The van der Waals surface area contributed by atoms with Gasteiger partial charge in [-0.15, -0.1) is 0 Å². The van der Waals surface area contributed by atoms with Crippen molar-refractivity contribution in [2.45, 2.75) is 44.8 Å². The number of nitrogens with zero attached hydrogens (tertiary/aromatic N) is 1. The summed E-state index contributed by atoms with van der Waals surface area (Å²) in [6.07, 6.45) is -0.554. The van der Waals surface area contributed by atoms with Crippen molar-refractivity contribution in [3.05, 3.63) is 65.7 Å². The minimum absolute atomic E-state index is 0.00644. The predicted octanol–water partition coefficient (Wildman–Crippen LogP) is 2.89. The molecule has 154 valence electrons. The van der Waals surface area contributed by atoms with Gasteiger partial charge in [0.2, 0.25) is 0 Å². The fraction of sp³-hybridized carbons (Fsp3) is 0.391. The standard InChI is InChI=1S/C23H28N2O4/c1-23(2,3)18-11-7-8-12-20(18)29-15-17(26)14-25-21(27)19(24-22(25)28)13-16-9-5-4-6-10-16/h4-12,17,19,26H,13-15H2,1-3H3,(H,24,28)/t17-,19-/m0/s1. The molecule has 2 aromatic carbocycles. The molecule has 3 amide bonds. The van der Waals surface area contributed by atoms with Gasteiger partial charge in [-0.3, -0.25) is 9.69 Å². The van der Waals surface area contributed by atoms with E-state index in [1.54, 1.807) is 0 Å². The Balaban J connectivity index is 1.58. The summed E-state index contributed by atoms with van der Waals surface area (Å²) in [4.78, 5) is 25.9. The Morgan fingerprint density at radius 2 is 1.72 bits per heavy atom. The van der Waals surface area contributed by atoms with Crippen LogP contribution < -0.4 is 10.1 Å². The summed E-state index contributed by atoms with van der Waals surface area (Å²) < 4.78 is 5.81. The van der Waals surface area contributed by atoms with Gasteiger partial charge in [-0.05, 0) is 22.6 Å². The van der Waals surface area contributed by atoms with E-state index in [9.17, 15) is 14.7 Å². The molecule has 6 nitrogen and oxygen atoms in total. The van der Waals surface area contributed by atoms with E-state index in [1.807, 2.05) is 54.6 Å². The number of hydrogen-bond acceptors (Lipinski definition) is 4. The first kappa shape index (κ1) is 20.9. The maximum absolute atomic E-state index is 12.6. The molecule has 1 aliphatic heterocycles. The summed E-state index contributed by atoms with van der Waals surface area (Å²) in [5.41, 5.74) is 1.90. The Labute approximate surface area is 171 Å². The molecule has 0 spiro atoms. The summed E-state index contributed by atoms with van der Waals surface area (Å²) in [6.45, 7) is 6.16. The Hall–Kier alpha value is -2.86. The van der Waals surface area contributed by atoms with Gasteiger partial charge >= 0.3 is 6.03 Å². The number of imide groups is 1. The van der Waals surface area contributed by atoms with Crippen LogP contribution in [0.1, 0.15) is 31.9 Å². The molecule has 0 radical (unpaired) electrons. The summed E-state index contributed by atoms with van der Waals surface area (Å²) in [7, 11) is 0. The van der Waals surface area contributed by atoms with E-state index in [4.69, 9.17) is 4.74 Å². The molecule has 1 aliphatic rings. The molecule has 1 saturated heterocycles. The van der Waals surface area contributed by atoms with Gasteiger partial charge in [0.15, 0.2) is 0 Å². The number of carbonyl (C=O) groups is 2. The lowest BCUT2D eigenvalue weighted by Gasteiger charge is -2.24. The zero-order valence-electron chi connectivity index (χ0n) is 17.1. The fourth-order valence-corrected chi connectivity index (χ4v) is 3.40. The van der Waals surface area contributed by atoms with Crippen LogP contribution in [0.25, 0.3) is 0 Å². The van der Waals surface area contributed by atoms with Gasteiger partial charge in [0.05, 0.1) is 6.54 Å². The van der Waals surface area contributed by atoms with Gasteiger partial charge in [-0.2, -0.15) is 0 Å². The second kappa shape index (κ2) is 8.66. The van der Waals surface area contributed by atoms with Gasteiger partial charge < -0.3 is 15.2 Å². The zero-order valence-corrected chi connectivity index (χ0v) is 17.1. The molecule has 6 heteroatoms. The third-order valence-corrected chi connectivity index (χ3v) is 4.91. The Kier molecular flexibility index (Phi) is 6.23. The molecule has 0 saturated carbocycles. The van der Waals surface area contributed by atoms with Crippen molar-refractivity contribution >= 4 is 11.9 Å². The first-order valence-electron chi connectivity index (χ1n) is 9.82. The number of amides is 3. The first-order valence-corrected chi connectivity index (χ1v) is 9.82. The molecule has 0 aromatic heterocycles. The number of para-hydroxylation sites is 1. The average Bonchev–Trinajstić information content (AvgIpc) is 2.94. The normalized spacial score (nSPS) is 17.9. The van der Waals surface area contributed by atoms with Gasteiger partial charge in [0.25, 0.3) is 5.91 Å². The van der Waals surface area contributed by atoms with Gasteiger partial charge in [-0.25, -0.2) is 4.79 Å². The van der Waals surface area contributed by atoms with Crippen molar-refractivity contribution in [2.24, 2.45) is 0 Å². The highest BCUT2D eigenvalue weighted by atomic mass is 16.5. The largest absolute Gasteiger partial charge is 0.491 e. The molecule has 1 fully saturated rings. The Bertz CT molecular complexity index is 861. The van der Waals surface area contributed by atoms with Crippen LogP contribution in [0.2, 0.25) is 0 Å². The minimum Gasteiger partial charge on any atom is -0.491 e. The number of aliphatic hydroxyl groups is 1. The SMILES string of the molecule is CC(C)(C)c1ccccc1OC[C@@H](O)CN1C(=O)N[C@@H](Cc2ccccc2)C1=O.